The molecule has 1 nitrogen and oxygen atoms in total. The fraction of sp³-hybridized carbons (Fsp3) is 0.538. The van der Waals surface area contributed by atoms with Gasteiger partial charge in [-0.3, -0.25) is 0 Å². The van der Waals surface area contributed by atoms with E-state index in [4.69, 9.17) is 0 Å². The van der Waals surface area contributed by atoms with E-state index < -0.39 is 0 Å². The molecule has 0 unspecified atom stereocenters. The van der Waals surface area contributed by atoms with Crippen molar-refractivity contribution in [3.8, 4) is 0 Å². The first-order valence-corrected chi connectivity index (χ1v) is 5.48. The molecule has 1 saturated heterocycles. The van der Waals surface area contributed by atoms with E-state index in [9.17, 15) is 0 Å². The highest BCUT2D eigenvalue weighted by Crippen LogP contribution is 2.20. The van der Waals surface area contributed by atoms with Crippen LogP contribution in [0.4, 0.5) is 0 Å². The number of piperidine rings is 1. The molecule has 0 atom stereocenters. The third-order valence-electron chi connectivity index (χ3n) is 2.70. The number of hydrogen-bond acceptors (Lipinski definition) is 1. The average molecular weight is 191 g/mol. The van der Waals surface area contributed by atoms with Crippen LogP contribution in [-0.2, 0) is 0 Å². The van der Waals surface area contributed by atoms with Crippen molar-refractivity contribution in [2.75, 3.05) is 13.1 Å². The number of hydrogen-bond donors (Lipinski definition) is 1. The van der Waals surface area contributed by atoms with Gasteiger partial charge < -0.3 is 5.32 Å². The van der Waals surface area contributed by atoms with Gasteiger partial charge >= 0.3 is 0 Å². The van der Waals surface area contributed by atoms with Crippen LogP contribution in [0, 0.1) is 5.92 Å². The van der Waals surface area contributed by atoms with Crippen molar-refractivity contribution in [1.82, 2.24) is 5.32 Å². The Morgan fingerprint density at radius 2 is 2.07 bits per heavy atom. The van der Waals surface area contributed by atoms with Gasteiger partial charge in [0.15, 0.2) is 0 Å². The van der Waals surface area contributed by atoms with Crippen LogP contribution >= 0.6 is 0 Å². The molecule has 0 spiro atoms. The largest absolute Gasteiger partial charge is 0.317 e. The Kier molecular flexibility index (Phi) is 5.31. The smallest absolute Gasteiger partial charge is 0.00462 e. The lowest BCUT2D eigenvalue weighted by molar-refractivity contribution is 0.372. The minimum absolute atomic E-state index is 0.893. The first-order chi connectivity index (χ1) is 6.83. The third-order valence-corrected chi connectivity index (χ3v) is 2.70. The second-order valence-electron chi connectivity index (χ2n) is 4.03. The molecule has 1 heterocycles. The van der Waals surface area contributed by atoms with Crippen LogP contribution in [0.25, 0.3) is 0 Å². The van der Waals surface area contributed by atoms with Crippen molar-refractivity contribution in [1.29, 1.82) is 0 Å². The van der Waals surface area contributed by atoms with Crippen LogP contribution in [0.1, 0.15) is 26.2 Å². The van der Waals surface area contributed by atoms with Crippen LogP contribution in [-0.4, -0.2) is 13.1 Å². The zero-order valence-electron chi connectivity index (χ0n) is 9.13. The van der Waals surface area contributed by atoms with Gasteiger partial charge in [0.1, 0.15) is 0 Å². The summed E-state index contributed by atoms with van der Waals surface area (Å²) >= 11 is 0. The molecular formula is C13H21N. The molecule has 1 rings (SSSR count). The average Bonchev–Trinajstić information content (AvgIpc) is 2.20. The summed E-state index contributed by atoms with van der Waals surface area (Å²) in [6.45, 7) is 8.26. The van der Waals surface area contributed by atoms with Crippen molar-refractivity contribution in [3.05, 3.63) is 36.5 Å². The highest BCUT2D eigenvalue weighted by atomic mass is 14.9. The zero-order valence-corrected chi connectivity index (χ0v) is 9.13. The van der Waals surface area contributed by atoms with Crippen molar-refractivity contribution in [2.45, 2.75) is 26.2 Å². The summed E-state index contributed by atoms with van der Waals surface area (Å²) in [6, 6.07) is 0. The third kappa shape index (κ3) is 4.43. The van der Waals surface area contributed by atoms with Gasteiger partial charge in [0.05, 0.1) is 0 Å². The van der Waals surface area contributed by atoms with Gasteiger partial charge in [0, 0.05) is 0 Å². The number of rotatable bonds is 4. The van der Waals surface area contributed by atoms with E-state index in [2.05, 4.69) is 31.0 Å². The molecule has 1 N–H and O–H groups in total. The van der Waals surface area contributed by atoms with E-state index in [0.29, 0.717) is 0 Å². The minimum atomic E-state index is 0.893. The molecule has 14 heavy (non-hydrogen) atoms. The lowest BCUT2D eigenvalue weighted by atomic mass is 9.91. The van der Waals surface area contributed by atoms with Gasteiger partial charge in [-0.05, 0) is 45.2 Å². The van der Waals surface area contributed by atoms with Gasteiger partial charge in [-0.2, -0.15) is 0 Å². The van der Waals surface area contributed by atoms with Gasteiger partial charge in [0.2, 0.25) is 0 Å². The molecule has 0 radical (unpaired) electrons. The fourth-order valence-electron chi connectivity index (χ4n) is 1.91. The summed E-state index contributed by atoms with van der Waals surface area (Å²) in [5, 5.41) is 3.39. The predicted octanol–water partition coefficient (Wildman–Crippen LogP) is 3.06. The van der Waals surface area contributed by atoms with Gasteiger partial charge in [-0.25, -0.2) is 0 Å². The Morgan fingerprint density at radius 1 is 1.36 bits per heavy atom. The summed E-state index contributed by atoms with van der Waals surface area (Å²) in [7, 11) is 0. The lowest BCUT2D eigenvalue weighted by Gasteiger charge is -2.22. The number of allylic oxidation sites excluding steroid dienone is 5. The Balaban J connectivity index is 2.30. The summed E-state index contributed by atoms with van der Waals surface area (Å²) in [4.78, 5) is 0. The van der Waals surface area contributed by atoms with E-state index in [0.717, 1.165) is 5.92 Å². The molecule has 1 fully saturated rings. The standard InChI is InChI=1S/C13H21N/c1-3-4-5-6-12(2)11-13-7-9-14-10-8-13/h3-6,13-14H,1,7-11H2,2H3/b5-4-,12-6+. The van der Waals surface area contributed by atoms with E-state index in [1.54, 1.807) is 0 Å². The summed E-state index contributed by atoms with van der Waals surface area (Å²) < 4.78 is 0. The predicted molar refractivity (Wildman–Crippen MR) is 63.3 cm³/mol. The monoisotopic (exact) mass is 191 g/mol. The molecular weight excluding hydrogens is 170 g/mol. The van der Waals surface area contributed by atoms with E-state index in [-0.39, 0.29) is 0 Å². The maximum atomic E-state index is 3.65. The first kappa shape index (κ1) is 11.3. The lowest BCUT2D eigenvalue weighted by Crippen LogP contribution is -2.27. The quantitative estimate of drug-likeness (QED) is 0.673. The molecule has 0 aromatic rings. The van der Waals surface area contributed by atoms with Crippen LogP contribution in [0.5, 0.6) is 0 Å². The molecule has 0 amide bonds. The second-order valence-corrected chi connectivity index (χ2v) is 4.03. The highest BCUT2D eigenvalue weighted by Gasteiger charge is 2.12. The Labute approximate surface area is 87.6 Å². The molecule has 1 aliphatic rings. The molecule has 1 heteroatoms. The normalized spacial score (nSPS) is 20.2. The SMILES string of the molecule is C=C/C=C\C=C(/C)CC1CCNCC1. The minimum Gasteiger partial charge on any atom is -0.317 e. The van der Waals surface area contributed by atoms with Crippen molar-refractivity contribution >= 4 is 0 Å². The van der Waals surface area contributed by atoms with Crippen molar-refractivity contribution in [2.24, 2.45) is 5.92 Å². The maximum Gasteiger partial charge on any atom is -0.00462 e. The molecule has 0 aromatic carbocycles. The highest BCUT2D eigenvalue weighted by molar-refractivity contribution is 5.14. The molecule has 1 aliphatic heterocycles. The molecule has 0 aliphatic carbocycles. The molecule has 0 aromatic heterocycles. The summed E-state index contributed by atoms with van der Waals surface area (Å²) in [5.41, 5.74) is 1.48. The van der Waals surface area contributed by atoms with E-state index in [1.807, 2.05) is 12.2 Å². The molecule has 0 bridgehead atoms. The van der Waals surface area contributed by atoms with Crippen LogP contribution in [0.2, 0.25) is 0 Å². The second kappa shape index (κ2) is 6.61. The van der Waals surface area contributed by atoms with Gasteiger partial charge in [0.25, 0.3) is 0 Å². The van der Waals surface area contributed by atoms with Crippen LogP contribution < -0.4 is 5.32 Å². The Hall–Kier alpha value is -0.820. The summed E-state index contributed by atoms with van der Waals surface area (Å²) in [5.74, 6) is 0.893. The van der Waals surface area contributed by atoms with Gasteiger partial charge in [-0.1, -0.05) is 36.5 Å². The fourth-order valence-corrected chi connectivity index (χ4v) is 1.91. The molecule has 0 saturated carbocycles. The van der Waals surface area contributed by atoms with Crippen molar-refractivity contribution in [3.63, 3.8) is 0 Å². The summed E-state index contributed by atoms with van der Waals surface area (Å²) in [6.07, 6.45) is 12.0. The zero-order chi connectivity index (χ0) is 10.2. The molecule has 78 valence electrons. The van der Waals surface area contributed by atoms with Gasteiger partial charge in [-0.15, -0.1) is 0 Å². The van der Waals surface area contributed by atoms with Crippen LogP contribution in [0.15, 0.2) is 36.5 Å². The van der Waals surface area contributed by atoms with Crippen molar-refractivity contribution < 1.29 is 0 Å². The first-order valence-electron chi connectivity index (χ1n) is 5.48. The Morgan fingerprint density at radius 3 is 2.71 bits per heavy atom. The maximum absolute atomic E-state index is 3.65. The Bertz CT molecular complexity index is 219. The van der Waals surface area contributed by atoms with Crippen LogP contribution in [0.3, 0.4) is 0 Å². The van der Waals surface area contributed by atoms with E-state index in [1.165, 1.54) is 37.9 Å². The van der Waals surface area contributed by atoms with E-state index >= 15 is 0 Å². The number of nitrogens with one attached hydrogen (secondary N) is 1. The topological polar surface area (TPSA) is 12.0 Å².